The lowest BCUT2D eigenvalue weighted by Crippen LogP contribution is -2.52. The second-order valence-electron chi connectivity index (χ2n) is 9.43. The predicted octanol–water partition coefficient (Wildman–Crippen LogP) is 2.88. The Hall–Kier alpha value is -2.20. The highest BCUT2D eigenvalue weighted by Gasteiger charge is 2.53. The van der Waals surface area contributed by atoms with Crippen molar-refractivity contribution in [3.05, 3.63) is 35.2 Å². The molecule has 35 heavy (non-hydrogen) atoms. The number of hydrogen-bond acceptors (Lipinski definition) is 8. The number of likely N-dealkylation sites (tertiary alicyclic amines) is 1. The van der Waals surface area contributed by atoms with Crippen LogP contribution in [0.2, 0.25) is 0 Å². The van der Waals surface area contributed by atoms with E-state index < -0.39 is 0 Å². The number of Topliss-reactive ketones (excluding diaryl/α,β-unsaturated/α-hetero) is 2. The van der Waals surface area contributed by atoms with Crippen LogP contribution in [0, 0.1) is 5.92 Å². The minimum atomic E-state index is -0.361. The first-order chi connectivity index (χ1) is 17.0. The third-order valence-electron chi connectivity index (χ3n) is 7.31. The van der Waals surface area contributed by atoms with Crippen molar-refractivity contribution in [2.75, 3.05) is 19.7 Å². The van der Waals surface area contributed by atoms with E-state index in [1.165, 1.54) is 11.3 Å². The van der Waals surface area contributed by atoms with Crippen LogP contribution < -0.4 is 5.32 Å². The Morgan fingerprint density at radius 1 is 1.29 bits per heavy atom. The molecule has 5 atom stereocenters. The van der Waals surface area contributed by atoms with Gasteiger partial charge in [0.25, 0.3) is 5.91 Å². The van der Waals surface area contributed by atoms with Crippen LogP contribution in [-0.2, 0) is 20.7 Å². The predicted molar refractivity (Wildman–Crippen MR) is 133 cm³/mol. The molecular weight excluding hydrogens is 488 g/mol. The second kappa shape index (κ2) is 10.4. The molecule has 10 heteroatoms. The molecule has 2 aliphatic heterocycles. The molecule has 5 rings (SSSR count). The number of hydrogen-bond donors (Lipinski definition) is 1. The molecule has 3 aliphatic rings. The number of rotatable bonds is 7. The van der Waals surface area contributed by atoms with E-state index in [1.807, 2.05) is 19.1 Å². The SMILES string of the molecule is CCc1cc(-c2cnc(C(=O)NCC(=O)[C@H]3CCCCC3N3C[C@H](Cl)[C@H]4OCC(=O)[C@H]43)s2)ccn1. The van der Waals surface area contributed by atoms with Crippen LogP contribution in [0.15, 0.2) is 24.5 Å². The lowest BCUT2D eigenvalue weighted by Gasteiger charge is -2.39. The van der Waals surface area contributed by atoms with Crippen molar-refractivity contribution in [3.8, 4) is 10.4 Å². The number of ketones is 2. The van der Waals surface area contributed by atoms with E-state index in [-0.39, 0.29) is 60.1 Å². The molecule has 0 spiro atoms. The number of pyridine rings is 1. The Morgan fingerprint density at radius 2 is 2.11 bits per heavy atom. The second-order valence-corrected chi connectivity index (χ2v) is 11.0. The summed E-state index contributed by atoms with van der Waals surface area (Å²) < 4.78 is 5.62. The van der Waals surface area contributed by atoms with E-state index in [0.29, 0.717) is 11.6 Å². The summed E-state index contributed by atoms with van der Waals surface area (Å²) in [5.41, 5.74) is 1.95. The summed E-state index contributed by atoms with van der Waals surface area (Å²) >= 11 is 7.78. The molecule has 1 N–H and O–H groups in total. The number of fused-ring (bicyclic) bond motifs is 1. The fraction of sp³-hybridized carbons (Fsp3) is 0.560. The van der Waals surface area contributed by atoms with Crippen LogP contribution in [0.3, 0.4) is 0 Å². The number of carbonyl (C=O) groups is 3. The zero-order valence-corrected chi connectivity index (χ0v) is 21.2. The smallest absolute Gasteiger partial charge is 0.280 e. The van der Waals surface area contributed by atoms with Gasteiger partial charge in [0.15, 0.2) is 16.6 Å². The molecule has 2 aromatic heterocycles. The number of aromatic nitrogens is 2. The molecule has 3 fully saturated rings. The van der Waals surface area contributed by atoms with Gasteiger partial charge in [-0.2, -0.15) is 0 Å². The third-order valence-corrected chi connectivity index (χ3v) is 8.75. The van der Waals surface area contributed by atoms with Gasteiger partial charge in [-0.25, -0.2) is 4.98 Å². The van der Waals surface area contributed by atoms with Gasteiger partial charge in [-0.05, 0) is 37.0 Å². The van der Waals surface area contributed by atoms with Crippen LogP contribution in [0.25, 0.3) is 10.4 Å². The summed E-state index contributed by atoms with van der Waals surface area (Å²) in [7, 11) is 0. The Kier molecular flexibility index (Phi) is 7.29. The first-order valence-electron chi connectivity index (χ1n) is 12.2. The van der Waals surface area contributed by atoms with Crippen LogP contribution in [0.5, 0.6) is 0 Å². The van der Waals surface area contributed by atoms with Gasteiger partial charge in [0.2, 0.25) is 0 Å². The highest BCUT2D eigenvalue weighted by Crippen LogP contribution is 2.38. The minimum absolute atomic E-state index is 0.0116. The Labute approximate surface area is 213 Å². The number of ether oxygens (including phenoxy) is 1. The number of nitrogens with zero attached hydrogens (tertiary/aromatic N) is 3. The zero-order valence-electron chi connectivity index (χ0n) is 19.6. The van der Waals surface area contributed by atoms with Crippen molar-refractivity contribution in [3.63, 3.8) is 0 Å². The van der Waals surface area contributed by atoms with Crippen molar-refractivity contribution in [2.45, 2.75) is 62.6 Å². The summed E-state index contributed by atoms with van der Waals surface area (Å²) in [5.74, 6) is -0.560. The van der Waals surface area contributed by atoms with Crippen LogP contribution in [0.1, 0.15) is 48.1 Å². The number of halogens is 1. The molecular formula is C25H29ClN4O4S. The molecule has 1 saturated carbocycles. The molecule has 0 radical (unpaired) electrons. The molecule has 0 aromatic carbocycles. The van der Waals surface area contributed by atoms with Crippen molar-refractivity contribution in [1.29, 1.82) is 0 Å². The van der Waals surface area contributed by atoms with Crippen molar-refractivity contribution < 1.29 is 19.1 Å². The standard InChI is InChI=1S/C25H29ClN4O4S/c1-2-15-9-14(7-8-27-15)21-11-29-25(35-21)24(33)28-10-19(31)16-5-3-4-6-18(16)30-12-17(26)23-22(30)20(32)13-34-23/h7-9,11,16-18,22-23H,2-6,10,12-13H2,1H3,(H,28,33)/t16-,17-,18?,22+,23+/m0/s1. The fourth-order valence-electron chi connectivity index (χ4n) is 5.57. The van der Waals surface area contributed by atoms with Crippen molar-refractivity contribution in [1.82, 2.24) is 20.2 Å². The van der Waals surface area contributed by atoms with Gasteiger partial charge in [0.05, 0.1) is 28.9 Å². The molecule has 2 saturated heterocycles. The maximum absolute atomic E-state index is 13.2. The molecule has 8 nitrogen and oxygen atoms in total. The molecule has 1 amide bonds. The first kappa shape index (κ1) is 24.5. The number of aryl methyl sites for hydroxylation is 1. The maximum atomic E-state index is 13.2. The van der Waals surface area contributed by atoms with E-state index in [0.717, 1.165) is 48.2 Å². The average Bonchev–Trinajstić information content (AvgIpc) is 3.60. The monoisotopic (exact) mass is 516 g/mol. The molecule has 186 valence electrons. The van der Waals surface area contributed by atoms with Crippen LogP contribution in [-0.4, -0.2) is 75.6 Å². The van der Waals surface area contributed by atoms with Gasteiger partial charge in [0, 0.05) is 36.6 Å². The highest BCUT2D eigenvalue weighted by molar-refractivity contribution is 7.17. The third kappa shape index (κ3) is 4.91. The molecule has 1 aliphatic carbocycles. The summed E-state index contributed by atoms with van der Waals surface area (Å²) in [4.78, 5) is 50.0. The van der Waals surface area contributed by atoms with E-state index in [1.54, 1.807) is 12.4 Å². The number of carbonyl (C=O) groups excluding carboxylic acids is 3. The zero-order chi connectivity index (χ0) is 24.5. The highest BCUT2D eigenvalue weighted by atomic mass is 35.5. The Bertz CT molecular complexity index is 1120. The van der Waals surface area contributed by atoms with Gasteiger partial charge >= 0.3 is 0 Å². The van der Waals surface area contributed by atoms with Gasteiger partial charge in [-0.15, -0.1) is 22.9 Å². The quantitative estimate of drug-likeness (QED) is 0.564. The molecule has 0 bridgehead atoms. The topological polar surface area (TPSA) is 101 Å². The lowest BCUT2D eigenvalue weighted by molar-refractivity contribution is -0.128. The number of thiazole rings is 1. The van der Waals surface area contributed by atoms with Gasteiger partial charge in [0.1, 0.15) is 6.61 Å². The van der Waals surface area contributed by atoms with Gasteiger partial charge in [-0.3, -0.25) is 24.3 Å². The molecule has 2 aromatic rings. The van der Waals surface area contributed by atoms with Crippen molar-refractivity contribution in [2.24, 2.45) is 5.92 Å². The number of nitrogens with one attached hydrogen (secondary N) is 1. The summed E-state index contributed by atoms with van der Waals surface area (Å²) in [6.45, 7) is 2.62. The summed E-state index contributed by atoms with van der Waals surface area (Å²) in [6.07, 6.45) is 7.52. The Balaban J connectivity index is 1.23. The number of amides is 1. The van der Waals surface area contributed by atoms with Crippen LogP contribution in [0.4, 0.5) is 0 Å². The summed E-state index contributed by atoms with van der Waals surface area (Å²) in [6, 6.07) is 3.48. The Morgan fingerprint density at radius 3 is 2.94 bits per heavy atom. The van der Waals surface area contributed by atoms with E-state index >= 15 is 0 Å². The van der Waals surface area contributed by atoms with E-state index in [4.69, 9.17) is 16.3 Å². The fourth-order valence-corrected chi connectivity index (χ4v) is 6.77. The molecule has 1 unspecified atom stereocenters. The van der Waals surface area contributed by atoms with Crippen molar-refractivity contribution >= 4 is 40.4 Å². The minimum Gasteiger partial charge on any atom is -0.367 e. The van der Waals surface area contributed by atoms with Gasteiger partial charge < -0.3 is 10.1 Å². The van der Waals surface area contributed by atoms with E-state index in [2.05, 4.69) is 20.2 Å². The van der Waals surface area contributed by atoms with E-state index in [9.17, 15) is 14.4 Å². The summed E-state index contributed by atoms with van der Waals surface area (Å²) in [5, 5.41) is 2.84. The molecule has 4 heterocycles. The first-order valence-corrected chi connectivity index (χ1v) is 13.5. The lowest BCUT2D eigenvalue weighted by atomic mass is 9.80. The van der Waals surface area contributed by atoms with Gasteiger partial charge in [-0.1, -0.05) is 19.8 Å². The largest absolute Gasteiger partial charge is 0.367 e. The average molecular weight is 517 g/mol. The maximum Gasteiger partial charge on any atom is 0.280 e. The number of alkyl halides is 1. The van der Waals surface area contributed by atoms with Crippen LogP contribution >= 0.6 is 22.9 Å². The normalized spacial score (nSPS) is 28.7.